The van der Waals surface area contributed by atoms with Gasteiger partial charge in [0.25, 0.3) is 11.5 Å². The van der Waals surface area contributed by atoms with E-state index in [0.717, 1.165) is 5.56 Å². The number of fused-ring (bicyclic) bond motifs is 1. The molecule has 0 spiro atoms. The quantitative estimate of drug-likeness (QED) is 0.297. The summed E-state index contributed by atoms with van der Waals surface area (Å²) in [5.74, 6) is -3.43. The van der Waals surface area contributed by atoms with Crippen LogP contribution in [0.2, 0.25) is 0 Å². The maximum absolute atomic E-state index is 13.2. The molecule has 1 aliphatic heterocycles. The molecule has 0 radical (unpaired) electrons. The van der Waals surface area contributed by atoms with Crippen molar-refractivity contribution in [2.75, 3.05) is 0 Å². The molecule has 180 valence electrons. The van der Waals surface area contributed by atoms with Gasteiger partial charge in [-0.1, -0.05) is 54.1 Å². The summed E-state index contributed by atoms with van der Waals surface area (Å²) in [5, 5.41) is 33.5. The molecule has 1 atom stereocenters. The number of hydrazine groups is 1. The van der Waals surface area contributed by atoms with E-state index in [9.17, 15) is 29.7 Å². The van der Waals surface area contributed by atoms with Gasteiger partial charge in [-0.3, -0.25) is 19.8 Å². The average molecular weight is 484 g/mol. The minimum Gasteiger partial charge on any atom is -0.507 e. The number of aliphatic hydroxyl groups is 2. The summed E-state index contributed by atoms with van der Waals surface area (Å²) in [5.41, 5.74) is -0.401. The molecule has 0 fully saturated rings. The number of carbonyl (C=O) groups is 2. The third kappa shape index (κ3) is 3.48. The standard InChI is InChI=1S/C26H20N4O6/c1-14-10-12-15(13-11-14)26(36)20(21-24(34)28-18-8-4-3-7-17(18)27-21)22(32)25(35)30(26)29-23(33)16-6-2-5-9-19(16)31/h2-13,31-32,36H,1H3,(H,28,34)(H,29,33). The molecule has 0 saturated heterocycles. The van der Waals surface area contributed by atoms with Crippen LogP contribution in [0.3, 0.4) is 0 Å². The van der Waals surface area contributed by atoms with E-state index in [1.54, 1.807) is 36.4 Å². The number of carbonyl (C=O) groups excluding carboxylic acids is 2. The second-order valence-corrected chi connectivity index (χ2v) is 8.29. The molecule has 2 amide bonds. The number of aliphatic hydroxyl groups excluding tert-OH is 1. The number of para-hydroxylation sites is 3. The highest BCUT2D eigenvalue weighted by Crippen LogP contribution is 2.44. The highest BCUT2D eigenvalue weighted by atomic mass is 16.3. The van der Waals surface area contributed by atoms with Gasteiger partial charge in [-0.25, -0.2) is 9.99 Å². The predicted octanol–water partition coefficient (Wildman–Crippen LogP) is 2.24. The van der Waals surface area contributed by atoms with Crippen molar-refractivity contribution in [2.45, 2.75) is 12.6 Å². The molecule has 0 saturated carbocycles. The molecule has 1 unspecified atom stereocenters. The molecule has 4 aromatic rings. The largest absolute Gasteiger partial charge is 0.507 e. The molecule has 1 aromatic heterocycles. The summed E-state index contributed by atoms with van der Waals surface area (Å²) in [7, 11) is 0. The van der Waals surface area contributed by atoms with Crippen LogP contribution in [0.15, 0.2) is 83.4 Å². The van der Waals surface area contributed by atoms with Crippen LogP contribution in [-0.2, 0) is 10.5 Å². The van der Waals surface area contributed by atoms with Crippen LogP contribution in [0.5, 0.6) is 5.75 Å². The van der Waals surface area contributed by atoms with E-state index in [4.69, 9.17) is 0 Å². The third-order valence-corrected chi connectivity index (χ3v) is 5.97. The first-order chi connectivity index (χ1) is 17.2. The fraction of sp³-hybridized carbons (Fsp3) is 0.0769. The lowest BCUT2D eigenvalue weighted by Crippen LogP contribution is -2.55. The number of phenols is 1. The van der Waals surface area contributed by atoms with Gasteiger partial charge in [0, 0.05) is 5.56 Å². The second kappa shape index (κ2) is 8.36. The van der Waals surface area contributed by atoms with Gasteiger partial charge in [0.2, 0.25) is 5.72 Å². The Kier molecular flexibility index (Phi) is 5.30. The monoisotopic (exact) mass is 484 g/mol. The lowest BCUT2D eigenvalue weighted by Gasteiger charge is -2.35. The van der Waals surface area contributed by atoms with Gasteiger partial charge in [-0.15, -0.1) is 0 Å². The van der Waals surface area contributed by atoms with Crippen LogP contribution in [0.4, 0.5) is 0 Å². The normalized spacial score (nSPS) is 17.6. The molecular formula is C26H20N4O6. The fourth-order valence-corrected chi connectivity index (χ4v) is 4.13. The molecular weight excluding hydrogens is 464 g/mol. The Morgan fingerprint density at radius 1 is 0.972 bits per heavy atom. The zero-order valence-corrected chi connectivity index (χ0v) is 18.9. The van der Waals surface area contributed by atoms with Crippen molar-refractivity contribution in [2.24, 2.45) is 0 Å². The number of H-pyrrole nitrogens is 1. The Morgan fingerprint density at radius 2 is 1.64 bits per heavy atom. The van der Waals surface area contributed by atoms with Crippen LogP contribution < -0.4 is 11.0 Å². The molecule has 10 nitrogen and oxygen atoms in total. The van der Waals surface area contributed by atoms with Gasteiger partial charge in [-0.05, 0) is 31.2 Å². The molecule has 1 aliphatic rings. The predicted molar refractivity (Wildman–Crippen MR) is 129 cm³/mol. The topological polar surface area (TPSA) is 156 Å². The summed E-state index contributed by atoms with van der Waals surface area (Å²) < 4.78 is 0. The van der Waals surface area contributed by atoms with Gasteiger partial charge in [0.15, 0.2) is 5.76 Å². The van der Waals surface area contributed by atoms with Gasteiger partial charge in [0.1, 0.15) is 11.4 Å². The number of nitrogens with zero attached hydrogens (tertiary/aromatic N) is 2. The van der Waals surface area contributed by atoms with Crippen molar-refractivity contribution in [3.05, 3.63) is 111 Å². The number of aromatic hydroxyl groups is 1. The van der Waals surface area contributed by atoms with E-state index >= 15 is 0 Å². The first-order valence-corrected chi connectivity index (χ1v) is 10.9. The first kappa shape index (κ1) is 22.8. The summed E-state index contributed by atoms with van der Waals surface area (Å²) in [4.78, 5) is 46.1. The number of amides is 2. The summed E-state index contributed by atoms with van der Waals surface area (Å²) in [6, 6.07) is 18.6. The Labute approximate surface area is 203 Å². The van der Waals surface area contributed by atoms with Crippen LogP contribution in [-0.4, -0.2) is 42.1 Å². The van der Waals surface area contributed by atoms with Crippen molar-refractivity contribution < 1.29 is 24.9 Å². The van der Waals surface area contributed by atoms with E-state index in [0.29, 0.717) is 16.0 Å². The van der Waals surface area contributed by atoms with Crippen LogP contribution in [0, 0.1) is 6.92 Å². The number of rotatable bonds is 4. The molecule has 5 rings (SSSR count). The number of aryl methyl sites for hydroxylation is 1. The first-order valence-electron chi connectivity index (χ1n) is 10.9. The number of phenolic OH excluding ortho intramolecular Hbond substituents is 1. The van der Waals surface area contributed by atoms with Gasteiger partial charge in [0.05, 0.1) is 22.2 Å². The van der Waals surface area contributed by atoms with E-state index in [1.807, 2.05) is 6.92 Å². The van der Waals surface area contributed by atoms with E-state index in [2.05, 4.69) is 15.4 Å². The fourth-order valence-electron chi connectivity index (χ4n) is 4.13. The van der Waals surface area contributed by atoms with Gasteiger partial charge in [-0.2, -0.15) is 0 Å². The zero-order chi connectivity index (χ0) is 25.6. The Morgan fingerprint density at radius 3 is 2.36 bits per heavy atom. The highest BCUT2D eigenvalue weighted by molar-refractivity contribution is 6.08. The zero-order valence-electron chi connectivity index (χ0n) is 18.9. The van der Waals surface area contributed by atoms with Crippen molar-refractivity contribution in [1.82, 2.24) is 20.4 Å². The molecule has 36 heavy (non-hydrogen) atoms. The molecule has 0 aliphatic carbocycles. The van der Waals surface area contributed by atoms with Crippen molar-refractivity contribution >= 4 is 28.4 Å². The lowest BCUT2D eigenvalue weighted by atomic mass is 9.92. The molecule has 5 N–H and O–H groups in total. The van der Waals surface area contributed by atoms with E-state index < -0.39 is 40.1 Å². The average Bonchev–Trinajstić information content (AvgIpc) is 3.05. The number of aromatic amines is 1. The number of nitrogens with one attached hydrogen (secondary N) is 2. The summed E-state index contributed by atoms with van der Waals surface area (Å²) in [6.45, 7) is 1.81. The molecule has 2 heterocycles. The number of aromatic nitrogens is 2. The Balaban J connectivity index is 1.70. The van der Waals surface area contributed by atoms with Crippen molar-refractivity contribution in [3.8, 4) is 5.75 Å². The van der Waals surface area contributed by atoms with E-state index in [1.165, 1.54) is 36.4 Å². The second-order valence-electron chi connectivity index (χ2n) is 8.29. The van der Waals surface area contributed by atoms with Crippen molar-refractivity contribution in [3.63, 3.8) is 0 Å². The summed E-state index contributed by atoms with van der Waals surface area (Å²) >= 11 is 0. The third-order valence-electron chi connectivity index (χ3n) is 5.97. The minimum absolute atomic E-state index is 0.0763. The smallest absolute Gasteiger partial charge is 0.310 e. The highest BCUT2D eigenvalue weighted by Gasteiger charge is 2.55. The lowest BCUT2D eigenvalue weighted by molar-refractivity contribution is -0.150. The minimum atomic E-state index is -2.52. The van der Waals surface area contributed by atoms with Gasteiger partial charge < -0.3 is 20.3 Å². The van der Waals surface area contributed by atoms with Crippen LogP contribution >= 0.6 is 0 Å². The number of benzene rings is 3. The SMILES string of the molecule is Cc1ccc(C2(O)C(c3nc4ccccc4[nH]c3=O)=C(O)C(=O)N2NC(=O)c2ccccc2O)cc1. The van der Waals surface area contributed by atoms with Crippen molar-refractivity contribution in [1.29, 1.82) is 0 Å². The van der Waals surface area contributed by atoms with E-state index in [-0.39, 0.29) is 16.9 Å². The Hall–Kier alpha value is -4.96. The number of hydrogen-bond acceptors (Lipinski definition) is 7. The van der Waals surface area contributed by atoms with Crippen LogP contribution in [0.25, 0.3) is 16.6 Å². The summed E-state index contributed by atoms with van der Waals surface area (Å²) in [6.07, 6.45) is 0. The van der Waals surface area contributed by atoms with Gasteiger partial charge >= 0.3 is 5.91 Å². The molecule has 10 heteroatoms. The number of hydrogen-bond donors (Lipinski definition) is 5. The molecule has 0 bridgehead atoms. The maximum Gasteiger partial charge on any atom is 0.310 e. The maximum atomic E-state index is 13.2. The molecule has 3 aromatic carbocycles. The Bertz CT molecular complexity index is 1630. The van der Waals surface area contributed by atoms with Crippen LogP contribution in [0.1, 0.15) is 27.2 Å².